The number of amides is 1. The van der Waals surface area contributed by atoms with Crippen molar-refractivity contribution in [1.29, 1.82) is 0 Å². The van der Waals surface area contributed by atoms with Gasteiger partial charge >= 0.3 is 0 Å². The third kappa shape index (κ3) is 5.35. The van der Waals surface area contributed by atoms with Crippen molar-refractivity contribution < 1.29 is 9.53 Å². The molecule has 1 rings (SSSR count). The average molecular weight is 239 g/mol. The molecule has 98 valence electrons. The Bertz CT molecular complexity index is 265. The van der Waals surface area contributed by atoms with Crippen LogP contribution < -0.4 is 0 Å². The monoisotopic (exact) mass is 239 g/mol. The Kier molecular flexibility index (Phi) is 5.69. The van der Waals surface area contributed by atoms with Gasteiger partial charge in [0, 0.05) is 13.1 Å². The molecule has 3 heteroatoms. The highest BCUT2D eigenvalue weighted by Gasteiger charge is 2.17. The van der Waals surface area contributed by atoms with E-state index in [4.69, 9.17) is 4.74 Å². The van der Waals surface area contributed by atoms with E-state index < -0.39 is 0 Å². The zero-order valence-corrected chi connectivity index (χ0v) is 11.4. The summed E-state index contributed by atoms with van der Waals surface area (Å²) in [5.41, 5.74) is 0.123. The second kappa shape index (κ2) is 6.80. The van der Waals surface area contributed by atoms with Crippen LogP contribution in [0.1, 0.15) is 40.0 Å². The van der Waals surface area contributed by atoms with Gasteiger partial charge in [-0.1, -0.05) is 39.7 Å². The number of allylic oxidation sites excluding steroid dienone is 1. The van der Waals surface area contributed by atoms with Gasteiger partial charge in [0.2, 0.25) is 5.91 Å². The quantitative estimate of drug-likeness (QED) is 0.690. The SMILES string of the molecule is CCCCC(C)(C)/C=C/C(=O)N1CCOCC1. The molecule has 1 amide bonds. The number of unbranched alkanes of at least 4 members (excludes halogenated alkanes) is 1. The summed E-state index contributed by atoms with van der Waals surface area (Å²) in [5, 5.41) is 0. The van der Waals surface area contributed by atoms with E-state index in [1.165, 1.54) is 12.8 Å². The molecule has 1 aliphatic rings. The fourth-order valence-electron chi connectivity index (χ4n) is 1.90. The summed E-state index contributed by atoms with van der Waals surface area (Å²) in [6.07, 6.45) is 7.34. The number of carbonyl (C=O) groups is 1. The Hall–Kier alpha value is -0.830. The molecule has 0 unspecified atom stereocenters. The van der Waals surface area contributed by atoms with Gasteiger partial charge in [-0.15, -0.1) is 0 Å². The first-order chi connectivity index (χ1) is 8.05. The number of rotatable bonds is 5. The standard InChI is InChI=1S/C14H25NO2/c1-4-5-7-14(2,3)8-6-13(16)15-9-11-17-12-10-15/h6,8H,4-5,7,9-12H2,1-3H3/b8-6+. The van der Waals surface area contributed by atoms with E-state index in [0.29, 0.717) is 13.2 Å². The van der Waals surface area contributed by atoms with Gasteiger partial charge in [0.1, 0.15) is 0 Å². The van der Waals surface area contributed by atoms with Gasteiger partial charge < -0.3 is 9.64 Å². The largest absolute Gasteiger partial charge is 0.378 e. The average Bonchev–Trinajstić information content (AvgIpc) is 2.35. The van der Waals surface area contributed by atoms with E-state index in [-0.39, 0.29) is 11.3 Å². The van der Waals surface area contributed by atoms with E-state index in [9.17, 15) is 4.79 Å². The number of morpholine rings is 1. The Morgan fingerprint density at radius 1 is 1.35 bits per heavy atom. The van der Waals surface area contributed by atoms with Crippen molar-refractivity contribution in [2.45, 2.75) is 40.0 Å². The Morgan fingerprint density at radius 3 is 2.59 bits per heavy atom. The van der Waals surface area contributed by atoms with Crippen molar-refractivity contribution in [2.75, 3.05) is 26.3 Å². The van der Waals surface area contributed by atoms with E-state index in [1.807, 2.05) is 4.90 Å². The second-order valence-corrected chi connectivity index (χ2v) is 5.36. The molecule has 0 atom stereocenters. The molecule has 0 aromatic rings. The minimum atomic E-state index is 0.123. The van der Waals surface area contributed by atoms with Gasteiger partial charge in [0.05, 0.1) is 13.2 Å². The van der Waals surface area contributed by atoms with Gasteiger partial charge in [0.15, 0.2) is 0 Å². The molecule has 0 aromatic carbocycles. The van der Waals surface area contributed by atoms with Crippen LogP contribution in [0.4, 0.5) is 0 Å². The summed E-state index contributed by atoms with van der Waals surface area (Å²) in [4.78, 5) is 13.8. The van der Waals surface area contributed by atoms with Crippen LogP contribution in [0, 0.1) is 5.41 Å². The molecular weight excluding hydrogens is 214 g/mol. The first-order valence-electron chi connectivity index (χ1n) is 6.61. The maximum absolute atomic E-state index is 11.9. The number of hydrogen-bond donors (Lipinski definition) is 0. The molecule has 1 heterocycles. The molecule has 0 bridgehead atoms. The molecule has 1 aliphatic heterocycles. The fraction of sp³-hybridized carbons (Fsp3) is 0.786. The van der Waals surface area contributed by atoms with Crippen molar-refractivity contribution >= 4 is 5.91 Å². The maximum atomic E-state index is 11.9. The van der Waals surface area contributed by atoms with Gasteiger partial charge in [-0.25, -0.2) is 0 Å². The lowest BCUT2D eigenvalue weighted by atomic mass is 9.87. The van der Waals surface area contributed by atoms with Gasteiger partial charge in [-0.3, -0.25) is 4.79 Å². The number of ether oxygens (including phenoxy) is 1. The van der Waals surface area contributed by atoms with Crippen LogP contribution in [-0.4, -0.2) is 37.1 Å². The lowest BCUT2D eigenvalue weighted by molar-refractivity contribution is -0.130. The summed E-state index contributed by atoms with van der Waals surface area (Å²) in [6.45, 7) is 9.34. The van der Waals surface area contributed by atoms with Gasteiger partial charge in [0.25, 0.3) is 0 Å². The minimum Gasteiger partial charge on any atom is -0.378 e. The zero-order chi connectivity index (χ0) is 12.7. The molecule has 0 spiro atoms. The highest BCUT2D eigenvalue weighted by atomic mass is 16.5. The fourth-order valence-corrected chi connectivity index (χ4v) is 1.90. The first kappa shape index (κ1) is 14.2. The molecule has 0 aromatic heterocycles. The lowest BCUT2D eigenvalue weighted by Crippen LogP contribution is -2.39. The van der Waals surface area contributed by atoms with Crippen LogP contribution in [0.2, 0.25) is 0 Å². The van der Waals surface area contributed by atoms with Crippen molar-refractivity contribution in [3.63, 3.8) is 0 Å². The van der Waals surface area contributed by atoms with Crippen molar-refractivity contribution in [1.82, 2.24) is 4.90 Å². The normalized spacial score (nSPS) is 17.7. The molecular formula is C14H25NO2. The lowest BCUT2D eigenvalue weighted by Gasteiger charge is -2.26. The van der Waals surface area contributed by atoms with Crippen LogP contribution >= 0.6 is 0 Å². The summed E-state index contributed by atoms with van der Waals surface area (Å²) in [6, 6.07) is 0. The highest BCUT2D eigenvalue weighted by Crippen LogP contribution is 2.24. The van der Waals surface area contributed by atoms with E-state index in [0.717, 1.165) is 19.5 Å². The van der Waals surface area contributed by atoms with E-state index in [2.05, 4.69) is 26.8 Å². The van der Waals surface area contributed by atoms with Crippen molar-refractivity contribution in [3.05, 3.63) is 12.2 Å². The van der Waals surface area contributed by atoms with E-state index in [1.54, 1.807) is 6.08 Å². The number of hydrogen-bond acceptors (Lipinski definition) is 2. The Morgan fingerprint density at radius 2 is 2.00 bits per heavy atom. The number of carbonyl (C=O) groups excluding carboxylic acids is 1. The molecule has 17 heavy (non-hydrogen) atoms. The summed E-state index contributed by atoms with van der Waals surface area (Å²) < 4.78 is 5.23. The smallest absolute Gasteiger partial charge is 0.246 e. The predicted octanol–water partition coefficient (Wildman–Crippen LogP) is 2.62. The first-order valence-corrected chi connectivity index (χ1v) is 6.61. The summed E-state index contributed by atoms with van der Waals surface area (Å²) in [7, 11) is 0. The van der Waals surface area contributed by atoms with Crippen LogP contribution in [0.3, 0.4) is 0 Å². The van der Waals surface area contributed by atoms with E-state index >= 15 is 0 Å². The minimum absolute atomic E-state index is 0.123. The van der Waals surface area contributed by atoms with Crippen LogP contribution in [0.5, 0.6) is 0 Å². The molecule has 1 fully saturated rings. The van der Waals surface area contributed by atoms with Gasteiger partial charge in [-0.05, 0) is 17.9 Å². The van der Waals surface area contributed by atoms with Crippen LogP contribution in [-0.2, 0) is 9.53 Å². The maximum Gasteiger partial charge on any atom is 0.246 e. The predicted molar refractivity (Wildman–Crippen MR) is 69.8 cm³/mol. The highest BCUT2D eigenvalue weighted by molar-refractivity contribution is 5.87. The molecule has 3 nitrogen and oxygen atoms in total. The third-order valence-electron chi connectivity index (χ3n) is 3.17. The summed E-state index contributed by atoms with van der Waals surface area (Å²) in [5.74, 6) is 0.123. The van der Waals surface area contributed by atoms with Crippen molar-refractivity contribution in [2.24, 2.45) is 5.41 Å². The number of nitrogens with zero attached hydrogens (tertiary/aromatic N) is 1. The molecule has 1 saturated heterocycles. The molecule has 0 saturated carbocycles. The topological polar surface area (TPSA) is 29.5 Å². The zero-order valence-electron chi connectivity index (χ0n) is 11.4. The molecule has 0 radical (unpaired) electrons. The van der Waals surface area contributed by atoms with Gasteiger partial charge in [-0.2, -0.15) is 0 Å². The second-order valence-electron chi connectivity index (χ2n) is 5.36. The van der Waals surface area contributed by atoms with Crippen LogP contribution in [0.25, 0.3) is 0 Å². The molecule has 0 aliphatic carbocycles. The molecule has 0 N–H and O–H groups in total. The van der Waals surface area contributed by atoms with Crippen LogP contribution in [0.15, 0.2) is 12.2 Å². The summed E-state index contributed by atoms with van der Waals surface area (Å²) >= 11 is 0. The Balaban J connectivity index is 2.42. The van der Waals surface area contributed by atoms with Crippen molar-refractivity contribution in [3.8, 4) is 0 Å². The third-order valence-corrected chi connectivity index (χ3v) is 3.17. The Labute approximate surface area is 105 Å².